The number of nitrogens with zero attached hydrogens (tertiary/aromatic N) is 1. The van der Waals surface area contributed by atoms with Crippen molar-refractivity contribution in [2.75, 3.05) is 7.11 Å². The molecule has 0 aliphatic carbocycles. The predicted octanol–water partition coefficient (Wildman–Crippen LogP) is 3.16. The molecular formula is C10H10INO. The molecule has 0 radical (unpaired) electrons. The Morgan fingerprint density at radius 2 is 2.15 bits per heavy atom. The Morgan fingerprint density at radius 1 is 1.38 bits per heavy atom. The molecule has 1 aromatic heterocycles. The van der Waals surface area contributed by atoms with Crippen LogP contribution in [0.2, 0.25) is 0 Å². The molecule has 13 heavy (non-hydrogen) atoms. The Morgan fingerprint density at radius 3 is 2.85 bits per heavy atom. The van der Waals surface area contributed by atoms with Crippen LogP contribution in [-0.2, 0) is 0 Å². The smallest absolute Gasteiger partial charge is 0.128 e. The summed E-state index contributed by atoms with van der Waals surface area (Å²) in [6.07, 6.45) is 0. The van der Waals surface area contributed by atoms with Gasteiger partial charge in [0.25, 0.3) is 0 Å². The largest absolute Gasteiger partial charge is 0.496 e. The van der Waals surface area contributed by atoms with Gasteiger partial charge in [-0.2, -0.15) is 0 Å². The number of aromatic nitrogens is 1. The van der Waals surface area contributed by atoms with E-state index >= 15 is 0 Å². The summed E-state index contributed by atoms with van der Waals surface area (Å²) < 4.78 is 7.41. The normalized spacial score (nSPS) is 10.7. The highest BCUT2D eigenvalue weighted by atomic mass is 127. The van der Waals surface area contributed by atoms with E-state index in [-0.39, 0.29) is 0 Å². The topological polar surface area (TPSA) is 14.2 Å². The van der Waals surface area contributed by atoms with Gasteiger partial charge in [0.05, 0.1) is 35.5 Å². The molecular weight excluding hydrogens is 277 g/mol. The number of methoxy groups -OCH3 is 1. The van der Waals surface area contributed by atoms with Gasteiger partial charge in [0.15, 0.2) is 0 Å². The van der Waals surface area contributed by atoms with E-state index in [2.05, 4.69) is 44.7 Å². The lowest BCUT2D eigenvalue weighted by Gasteiger charge is -2.00. The average molecular weight is 287 g/mol. The molecule has 68 valence electrons. The summed E-state index contributed by atoms with van der Waals surface area (Å²) >= 11 is 2.29. The first-order valence-electron chi connectivity index (χ1n) is 4.05. The summed E-state index contributed by atoms with van der Waals surface area (Å²) in [5, 5.41) is 1.18. The van der Waals surface area contributed by atoms with Gasteiger partial charge in [-0.05, 0) is 25.1 Å². The fourth-order valence-corrected chi connectivity index (χ4v) is 2.04. The Hall–Kier alpha value is -0.710. The van der Waals surface area contributed by atoms with Gasteiger partial charge in [0, 0.05) is 11.1 Å². The van der Waals surface area contributed by atoms with Crippen LogP contribution in [0.1, 0.15) is 5.69 Å². The molecule has 2 nitrogen and oxygen atoms in total. The zero-order chi connectivity index (χ0) is 9.42. The molecule has 0 N–H and O–H groups in total. The van der Waals surface area contributed by atoms with Crippen molar-refractivity contribution >= 4 is 33.8 Å². The molecule has 0 bridgehead atoms. The second-order valence-corrected chi connectivity index (χ2v) is 3.92. The highest BCUT2D eigenvalue weighted by Crippen LogP contribution is 2.29. The molecule has 0 aliphatic rings. The zero-order valence-electron chi connectivity index (χ0n) is 7.54. The summed E-state index contributed by atoms with van der Waals surface area (Å²) in [4.78, 5) is 0. The molecule has 0 saturated heterocycles. The first-order valence-corrected chi connectivity index (χ1v) is 5.01. The Kier molecular flexibility index (Phi) is 2.19. The van der Waals surface area contributed by atoms with Crippen LogP contribution >= 0.6 is 22.9 Å². The number of fused-ring (bicyclic) bond motifs is 1. The molecule has 2 rings (SSSR count). The van der Waals surface area contributed by atoms with Gasteiger partial charge in [-0.25, -0.2) is 0 Å². The number of halogens is 1. The van der Waals surface area contributed by atoms with E-state index in [4.69, 9.17) is 4.74 Å². The standard InChI is InChI=1S/C10H10INO/c1-7-6-8-9(12(7)11)4-3-5-10(8)13-2/h3-6H,1-2H3. The number of rotatable bonds is 1. The Bertz CT molecular complexity index is 447. The van der Waals surface area contributed by atoms with Gasteiger partial charge >= 0.3 is 0 Å². The summed E-state index contributed by atoms with van der Waals surface area (Å²) in [7, 11) is 1.70. The molecule has 1 aromatic carbocycles. The van der Waals surface area contributed by atoms with Gasteiger partial charge in [-0.15, -0.1) is 0 Å². The van der Waals surface area contributed by atoms with Gasteiger partial charge in [-0.3, -0.25) is 2.78 Å². The maximum Gasteiger partial charge on any atom is 0.128 e. The van der Waals surface area contributed by atoms with Crippen LogP contribution in [0, 0.1) is 6.92 Å². The maximum atomic E-state index is 5.28. The summed E-state index contributed by atoms with van der Waals surface area (Å²) in [5.74, 6) is 0.941. The molecule has 3 heteroatoms. The van der Waals surface area contributed by atoms with E-state index in [1.807, 2.05) is 12.1 Å². The van der Waals surface area contributed by atoms with E-state index in [0.29, 0.717) is 0 Å². The Labute approximate surface area is 91.0 Å². The van der Waals surface area contributed by atoms with Crippen molar-refractivity contribution in [1.82, 2.24) is 2.78 Å². The van der Waals surface area contributed by atoms with E-state index in [0.717, 1.165) is 5.75 Å². The number of ether oxygens (including phenoxy) is 1. The first-order chi connectivity index (χ1) is 6.24. The fraction of sp³-hybridized carbons (Fsp3) is 0.200. The van der Waals surface area contributed by atoms with Crippen molar-refractivity contribution < 1.29 is 4.74 Å². The van der Waals surface area contributed by atoms with Crippen molar-refractivity contribution in [3.05, 3.63) is 30.0 Å². The van der Waals surface area contributed by atoms with Gasteiger partial charge in [0.1, 0.15) is 5.75 Å². The second kappa shape index (κ2) is 3.21. The number of aryl methyl sites for hydroxylation is 1. The number of hydrogen-bond acceptors (Lipinski definition) is 1. The highest BCUT2D eigenvalue weighted by molar-refractivity contribution is 14.1. The third kappa shape index (κ3) is 1.31. The summed E-state index contributed by atoms with van der Waals surface area (Å²) in [5.41, 5.74) is 2.44. The lowest BCUT2D eigenvalue weighted by molar-refractivity contribution is 0.420. The molecule has 0 atom stereocenters. The molecule has 2 aromatic rings. The lowest BCUT2D eigenvalue weighted by Crippen LogP contribution is -1.83. The van der Waals surface area contributed by atoms with Crippen molar-refractivity contribution in [3.63, 3.8) is 0 Å². The minimum atomic E-state index is 0.941. The Balaban J connectivity index is 2.84. The molecule has 0 amide bonds. The SMILES string of the molecule is COc1cccc2c1cc(C)n2I. The minimum absolute atomic E-state index is 0.941. The molecule has 0 unspecified atom stereocenters. The van der Waals surface area contributed by atoms with Gasteiger partial charge in [-0.1, -0.05) is 6.07 Å². The van der Waals surface area contributed by atoms with Crippen LogP contribution in [0.15, 0.2) is 24.3 Å². The minimum Gasteiger partial charge on any atom is -0.496 e. The van der Waals surface area contributed by atoms with Gasteiger partial charge < -0.3 is 4.74 Å². The second-order valence-electron chi connectivity index (χ2n) is 2.96. The quantitative estimate of drug-likeness (QED) is 0.735. The van der Waals surface area contributed by atoms with Gasteiger partial charge in [0.2, 0.25) is 0 Å². The van der Waals surface area contributed by atoms with E-state index < -0.39 is 0 Å². The van der Waals surface area contributed by atoms with E-state index in [1.54, 1.807) is 7.11 Å². The van der Waals surface area contributed by atoms with Crippen molar-refractivity contribution in [1.29, 1.82) is 0 Å². The summed E-state index contributed by atoms with van der Waals surface area (Å²) in [6.45, 7) is 2.09. The van der Waals surface area contributed by atoms with Crippen molar-refractivity contribution in [2.24, 2.45) is 0 Å². The monoisotopic (exact) mass is 287 g/mol. The van der Waals surface area contributed by atoms with Crippen LogP contribution < -0.4 is 4.74 Å². The molecule has 0 aliphatic heterocycles. The van der Waals surface area contributed by atoms with Crippen LogP contribution in [0.5, 0.6) is 5.75 Å². The number of hydrogen-bond donors (Lipinski definition) is 0. The molecule has 1 heterocycles. The highest BCUT2D eigenvalue weighted by Gasteiger charge is 2.06. The molecule has 0 fully saturated rings. The molecule has 0 spiro atoms. The third-order valence-electron chi connectivity index (χ3n) is 2.14. The predicted molar refractivity (Wildman–Crippen MR) is 62.6 cm³/mol. The van der Waals surface area contributed by atoms with E-state index in [1.165, 1.54) is 16.6 Å². The fourth-order valence-electron chi connectivity index (χ4n) is 1.48. The first kappa shape index (κ1) is 8.87. The van der Waals surface area contributed by atoms with Crippen LogP contribution in [-0.4, -0.2) is 9.89 Å². The van der Waals surface area contributed by atoms with E-state index in [9.17, 15) is 0 Å². The average Bonchev–Trinajstić information content (AvgIpc) is 2.43. The van der Waals surface area contributed by atoms with Crippen LogP contribution in [0.4, 0.5) is 0 Å². The molecule has 0 saturated carbocycles. The zero-order valence-corrected chi connectivity index (χ0v) is 9.70. The number of benzene rings is 1. The summed E-state index contributed by atoms with van der Waals surface area (Å²) in [6, 6.07) is 8.23. The lowest BCUT2D eigenvalue weighted by atomic mass is 10.2. The van der Waals surface area contributed by atoms with Crippen LogP contribution in [0.3, 0.4) is 0 Å². The van der Waals surface area contributed by atoms with Crippen molar-refractivity contribution in [3.8, 4) is 5.75 Å². The van der Waals surface area contributed by atoms with Crippen molar-refractivity contribution in [2.45, 2.75) is 6.92 Å². The third-order valence-corrected chi connectivity index (χ3v) is 3.42. The maximum absolute atomic E-state index is 5.28. The van der Waals surface area contributed by atoms with Crippen LogP contribution in [0.25, 0.3) is 10.9 Å².